The first-order valence-corrected chi connectivity index (χ1v) is 7.12. The summed E-state index contributed by atoms with van der Waals surface area (Å²) in [6, 6.07) is 1.46. The van der Waals surface area contributed by atoms with E-state index in [0.717, 1.165) is 13.8 Å². The zero-order valence-electron chi connectivity index (χ0n) is 10.5. The SMILES string of the molecule is CC(C)(CCS(=O)(=O)NCc1ccno1)C(F)(F)F. The van der Waals surface area contributed by atoms with Crippen LogP contribution < -0.4 is 4.72 Å². The van der Waals surface area contributed by atoms with E-state index in [2.05, 4.69) is 14.4 Å². The number of nitrogens with one attached hydrogen (secondary N) is 1. The molecule has 0 aromatic carbocycles. The van der Waals surface area contributed by atoms with Gasteiger partial charge >= 0.3 is 6.18 Å². The molecule has 0 aliphatic heterocycles. The Hall–Kier alpha value is -1.09. The van der Waals surface area contributed by atoms with Crippen LogP contribution in [-0.4, -0.2) is 25.5 Å². The molecule has 110 valence electrons. The fourth-order valence-electron chi connectivity index (χ4n) is 1.12. The van der Waals surface area contributed by atoms with Gasteiger partial charge in [-0.1, -0.05) is 19.0 Å². The van der Waals surface area contributed by atoms with Crippen molar-refractivity contribution in [3.63, 3.8) is 0 Å². The van der Waals surface area contributed by atoms with Gasteiger partial charge in [-0.25, -0.2) is 13.1 Å². The van der Waals surface area contributed by atoms with Gasteiger partial charge < -0.3 is 4.52 Å². The summed E-state index contributed by atoms with van der Waals surface area (Å²) in [6.07, 6.45) is -3.61. The summed E-state index contributed by atoms with van der Waals surface area (Å²) in [4.78, 5) is 0. The van der Waals surface area contributed by atoms with E-state index in [4.69, 9.17) is 0 Å². The molecule has 1 N–H and O–H groups in total. The highest BCUT2D eigenvalue weighted by Crippen LogP contribution is 2.40. The number of nitrogens with zero attached hydrogens (tertiary/aromatic N) is 1. The molecule has 0 saturated carbocycles. The second-order valence-corrected chi connectivity index (χ2v) is 6.68. The van der Waals surface area contributed by atoms with Crippen LogP contribution in [0.4, 0.5) is 13.2 Å². The van der Waals surface area contributed by atoms with Crippen LogP contribution in [0, 0.1) is 5.41 Å². The van der Waals surface area contributed by atoms with Gasteiger partial charge in [-0.2, -0.15) is 13.2 Å². The van der Waals surface area contributed by atoms with Crippen molar-refractivity contribution in [3.8, 4) is 0 Å². The van der Waals surface area contributed by atoms with Gasteiger partial charge in [0.05, 0.1) is 23.9 Å². The van der Waals surface area contributed by atoms with Crippen LogP contribution in [0.3, 0.4) is 0 Å². The van der Waals surface area contributed by atoms with Gasteiger partial charge in [0.2, 0.25) is 10.0 Å². The van der Waals surface area contributed by atoms with Gasteiger partial charge in [0, 0.05) is 6.07 Å². The van der Waals surface area contributed by atoms with Crippen molar-refractivity contribution >= 4 is 10.0 Å². The topological polar surface area (TPSA) is 72.2 Å². The third-order valence-electron chi connectivity index (χ3n) is 2.72. The molecule has 5 nitrogen and oxygen atoms in total. The highest BCUT2D eigenvalue weighted by atomic mass is 32.2. The molecule has 1 aromatic heterocycles. The molecule has 19 heavy (non-hydrogen) atoms. The van der Waals surface area contributed by atoms with Crippen LogP contribution in [0.15, 0.2) is 16.8 Å². The van der Waals surface area contributed by atoms with Gasteiger partial charge in [0.25, 0.3) is 0 Å². The molecular formula is C10H15F3N2O3S. The lowest BCUT2D eigenvalue weighted by Crippen LogP contribution is -2.36. The molecule has 0 radical (unpaired) electrons. The Morgan fingerprint density at radius 3 is 2.47 bits per heavy atom. The van der Waals surface area contributed by atoms with Crippen LogP contribution in [0.5, 0.6) is 0 Å². The monoisotopic (exact) mass is 300 g/mol. The van der Waals surface area contributed by atoms with E-state index in [0.29, 0.717) is 5.76 Å². The second-order valence-electron chi connectivity index (χ2n) is 4.75. The van der Waals surface area contributed by atoms with Crippen molar-refractivity contribution < 1.29 is 26.1 Å². The predicted molar refractivity (Wildman–Crippen MR) is 61.6 cm³/mol. The zero-order chi connectivity index (χ0) is 14.7. The third-order valence-corrected chi connectivity index (χ3v) is 4.05. The first kappa shape index (κ1) is 16.0. The summed E-state index contributed by atoms with van der Waals surface area (Å²) in [5, 5.41) is 3.38. The quantitative estimate of drug-likeness (QED) is 0.873. The average molecular weight is 300 g/mol. The lowest BCUT2D eigenvalue weighted by atomic mass is 9.90. The van der Waals surface area contributed by atoms with E-state index in [-0.39, 0.29) is 6.54 Å². The summed E-state index contributed by atoms with van der Waals surface area (Å²) in [7, 11) is -3.79. The molecular weight excluding hydrogens is 285 g/mol. The van der Waals surface area contributed by atoms with Crippen LogP contribution in [0.25, 0.3) is 0 Å². The highest BCUT2D eigenvalue weighted by molar-refractivity contribution is 7.89. The van der Waals surface area contributed by atoms with Crippen molar-refractivity contribution in [2.75, 3.05) is 5.75 Å². The largest absolute Gasteiger partial charge is 0.394 e. The molecule has 0 fully saturated rings. The smallest absolute Gasteiger partial charge is 0.360 e. The summed E-state index contributed by atoms with van der Waals surface area (Å²) in [5.41, 5.74) is -2.05. The zero-order valence-corrected chi connectivity index (χ0v) is 11.3. The average Bonchev–Trinajstić information content (AvgIpc) is 2.75. The molecule has 0 atom stereocenters. The van der Waals surface area contributed by atoms with Gasteiger partial charge in [0.15, 0.2) is 5.76 Å². The summed E-state index contributed by atoms with van der Waals surface area (Å²) in [5.74, 6) is -0.313. The molecule has 0 unspecified atom stereocenters. The fourth-order valence-corrected chi connectivity index (χ4v) is 2.40. The van der Waals surface area contributed by atoms with E-state index in [9.17, 15) is 21.6 Å². The van der Waals surface area contributed by atoms with E-state index in [1.54, 1.807) is 0 Å². The Morgan fingerprint density at radius 2 is 2.00 bits per heavy atom. The maximum Gasteiger partial charge on any atom is 0.394 e. The second kappa shape index (κ2) is 5.49. The first-order valence-electron chi connectivity index (χ1n) is 5.47. The van der Waals surface area contributed by atoms with E-state index >= 15 is 0 Å². The molecule has 0 aliphatic carbocycles. The molecule has 1 heterocycles. The Morgan fingerprint density at radius 1 is 1.37 bits per heavy atom. The summed E-state index contributed by atoms with van der Waals surface area (Å²) >= 11 is 0. The minimum atomic E-state index is -4.44. The molecule has 1 aromatic rings. The molecule has 0 amide bonds. The van der Waals surface area contributed by atoms with Gasteiger partial charge in [-0.3, -0.25) is 0 Å². The van der Waals surface area contributed by atoms with Crippen molar-refractivity contribution in [3.05, 3.63) is 18.0 Å². The fraction of sp³-hybridized carbons (Fsp3) is 0.700. The number of sulfonamides is 1. The predicted octanol–water partition coefficient (Wildman–Crippen LogP) is 2.07. The Labute approximate surface area is 109 Å². The maximum absolute atomic E-state index is 12.6. The van der Waals surface area contributed by atoms with E-state index in [1.807, 2.05) is 0 Å². The maximum atomic E-state index is 12.6. The van der Waals surface area contributed by atoms with Crippen LogP contribution in [0.2, 0.25) is 0 Å². The van der Waals surface area contributed by atoms with Gasteiger partial charge in [-0.15, -0.1) is 0 Å². The highest BCUT2D eigenvalue weighted by Gasteiger charge is 2.47. The van der Waals surface area contributed by atoms with Crippen LogP contribution >= 0.6 is 0 Å². The Balaban J connectivity index is 2.52. The number of rotatable bonds is 6. The Kier molecular flexibility index (Phi) is 4.62. The molecule has 9 heteroatoms. The summed E-state index contributed by atoms with van der Waals surface area (Å²) < 4.78 is 67.7. The van der Waals surface area contributed by atoms with Crippen LogP contribution in [-0.2, 0) is 16.6 Å². The third kappa shape index (κ3) is 4.83. The number of halogens is 3. The molecule has 0 spiro atoms. The van der Waals surface area contributed by atoms with Gasteiger partial charge in [0.1, 0.15) is 0 Å². The van der Waals surface area contributed by atoms with Gasteiger partial charge in [-0.05, 0) is 6.42 Å². The van der Waals surface area contributed by atoms with E-state index in [1.165, 1.54) is 12.3 Å². The molecule has 1 rings (SSSR count). The molecule has 0 saturated heterocycles. The van der Waals surface area contributed by atoms with Crippen molar-refractivity contribution in [1.29, 1.82) is 0 Å². The van der Waals surface area contributed by atoms with Crippen molar-refractivity contribution in [2.45, 2.75) is 33.0 Å². The number of hydrogen-bond donors (Lipinski definition) is 1. The normalized spacial score (nSPS) is 13.7. The molecule has 0 bridgehead atoms. The van der Waals surface area contributed by atoms with Crippen molar-refractivity contribution in [2.24, 2.45) is 5.41 Å². The van der Waals surface area contributed by atoms with Crippen LogP contribution in [0.1, 0.15) is 26.0 Å². The number of hydrogen-bond acceptors (Lipinski definition) is 4. The number of aromatic nitrogens is 1. The Bertz CT molecular complexity index is 495. The first-order chi connectivity index (χ1) is 8.54. The summed E-state index contributed by atoms with van der Waals surface area (Å²) in [6.45, 7) is 1.81. The van der Waals surface area contributed by atoms with E-state index < -0.39 is 33.8 Å². The lowest BCUT2D eigenvalue weighted by Gasteiger charge is -2.27. The van der Waals surface area contributed by atoms with Crippen molar-refractivity contribution in [1.82, 2.24) is 9.88 Å². The minimum Gasteiger partial charge on any atom is -0.360 e. The minimum absolute atomic E-state index is 0.130. The number of alkyl halides is 3. The molecule has 0 aliphatic rings. The standard InChI is InChI=1S/C10H15F3N2O3S/c1-9(2,10(11,12)13)4-6-19(16,17)15-7-8-3-5-14-18-8/h3,5,15H,4,6-7H2,1-2H3. The lowest BCUT2D eigenvalue weighted by molar-refractivity contribution is -0.211.